The Morgan fingerprint density at radius 2 is 2.00 bits per heavy atom. The molecule has 1 amide bonds. The summed E-state index contributed by atoms with van der Waals surface area (Å²) in [6, 6.07) is 2.29. The number of nitrogens with one attached hydrogen (secondary N) is 2. The Labute approximate surface area is 206 Å². The summed E-state index contributed by atoms with van der Waals surface area (Å²) in [5, 5.41) is 10.6. The van der Waals surface area contributed by atoms with Crippen molar-refractivity contribution in [3.8, 4) is 0 Å². The number of hydrogen-bond donors (Lipinski definition) is 2. The van der Waals surface area contributed by atoms with E-state index >= 15 is 0 Å². The van der Waals surface area contributed by atoms with Crippen molar-refractivity contribution in [3.63, 3.8) is 0 Å². The molecule has 1 unspecified atom stereocenters. The van der Waals surface area contributed by atoms with E-state index in [0.717, 1.165) is 23.6 Å². The van der Waals surface area contributed by atoms with Crippen molar-refractivity contribution in [1.29, 1.82) is 0 Å². The second kappa shape index (κ2) is 8.75. The molecule has 190 valence electrons. The zero-order valence-electron chi connectivity index (χ0n) is 20.3. The van der Waals surface area contributed by atoms with Crippen LogP contribution < -0.4 is 15.5 Å². The molecule has 3 aromatic heterocycles. The van der Waals surface area contributed by atoms with E-state index in [1.54, 1.807) is 6.20 Å². The van der Waals surface area contributed by atoms with Gasteiger partial charge >= 0.3 is 6.18 Å². The van der Waals surface area contributed by atoms with Gasteiger partial charge in [0.05, 0.1) is 17.9 Å². The molecule has 2 aliphatic rings. The summed E-state index contributed by atoms with van der Waals surface area (Å²) in [6.07, 6.45) is 1.33. The van der Waals surface area contributed by atoms with Crippen LogP contribution in [-0.4, -0.2) is 43.7 Å². The molecule has 0 saturated heterocycles. The van der Waals surface area contributed by atoms with Crippen molar-refractivity contribution in [2.45, 2.75) is 57.9 Å². The normalized spacial score (nSPS) is 21.4. The molecule has 36 heavy (non-hydrogen) atoms. The molecule has 1 aliphatic carbocycles. The van der Waals surface area contributed by atoms with Gasteiger partial charge in [0, 0.05) is 37.5 Å². The maximum Gasteiger partial charge on any atom is 0.433 e. The number of halogens is 3. The summed E-state index contributed by atoms with van der Waals surface area (Å²) < 4.78 is 40.1. The predicted octanol–water partition coefficient (Wildman–Crippen LogP) is 4.15. The maximum atomic E-state index is 12.8. The first-order valence-electron chi connectivity index (χ1n) is 11.7. The third kappa shape index (κ3) is 4.47. The number of nitrogens with zero attached hydrogens (tertiary/aromatic N) is 6. The Balaban J connectivity index is 1.24. The van der Waals surface area contributed by atoms with Crippen molar-refractivity contribution in [1.82, 2.24) is 24.7 Å². The first kappa shape index (κ1) is 24.0. The largest absolute Gasteiger partial charge is 0.433 e. The Morgan fingerprint density at radius 3 is 2.67 bits per heavy atom. The number of hydrogen-bond acceptors (Lipinski definition) is 7. The van der Waals surface area contributed by atoms with E-state index in [1.165, 1.54) is 12.3 Å². The lowest BCUT2D eigenvalue weighted by Crippen LogP contribution is -2.49. The molecule has 12 heteroatoms. The molecular weight excluding hydrogens is 473 g/mol. The third-order valence-electron chi connectivity index (χ3n) is 6.68. The molecule has 0 spiro atoms. The molecule has 1 saturated carbocycles. The Bertz CT molecular complexity index is 1290. The Morgan fingerprint density at radius 1 is 1.22 bits per heavy atom. The van der Waals surface area contributed by atoms with Crippen molar-refractivity contribution in [3.05, 3.63) is 53.2 Å². The lowest BCUT2D eigenvalue weighted by molar-refractivity contribution is -0.141. The SMILES string of the molecule is Cc1nc(NCc2cnn([C@H]3C[C@@H]3c3ccc(C(F)(F)F)nc3)c2)nc2c1NC(=O)C(C(C)C)N2C. The van der Waals surface area contributed by atoms with Gasteiger partial charge in [-0.3, -0.25) is 14.5 Å². The second-order valence-electron chi connectivity index (χ2n) is 9.69. The lowest BCUT2D eigenvalue weighted by atomic mass is 9.99. The number of likely N-dealkylation sites (N-methyl/N-ethyl adjacent to an activating group) is 1. The molecule has 2 N–H and O–H groups in total. The number of aryl methyl sites for hydroxylation is 1. The number of amides is 1. The molecule has 0 radical (unpaired) electrons. The number of carbonyl (C=O) groups excluding carboxylic acids is 1. The van der Waals surface area contributed by atoms with Crippen molar-refractivity contribution >= 4 is 23.4 Å². The van der Waals surface area contributed by atoms with Crippen LogP contribution in [0.1, 0.15) is 54.7 Å². The van der Waals surface area contributed by atoms with Gasteiger partial charge in [-0.15, -0.1) is 0 Å². The minimum atomic E-state index is -4.44. The predicted molar refractivity (Wildman–Crippen MR) is 128 cm³/mol. The van der Waals surface area contributed by atoms with Crippen molar-refractivity contribution in [2.24, 2.45) is 5.92 Å². The molecule has 0 aromatic carbocycles. The second-order valence-corrected chi connectivity index (χ2v) is 9.69. The molecule has 1 fully saturated rings. The summed E-state index contributed by atoms with van der Waals surface area (Å²) in [5.74, 6) is 1.26. The smallest absolute Gasteiger partial charge is 0.350 e. The van der Waals surface area contributed by atoms with E-state index in [9.17, 15) is 18.0 Å². The van der Waals surface area contributed by atoms with Gasteiger partial charge < -0.3 is 15.5 Å². The average Bonchev–Trinajstić information content (AvgIpc) is 3.47. The van der Waals surface area contributed by atoms with E-state index in [-0.39, 0.29) is 29.8 Å². The lowest BCUT2D eigenvalue weighted by Gasteiger charge is -2.36. The molecule has 1 aliphatic heterocycles. The fourth-order valence-electron chi connectivity index (χ4n) is 4.75. The number of rotatable bonds is 6. The first-order chi connectivity index (χ1) is 17.0. The molecule has 4 heterocycles. The summed E-state index contributed by atoms with van der Waals surface area (Å²) >= 11 is 0. The minimum Gasteiger partial charge on any atom is -0.350 e. The van der Waals surface area contributed by atoms with Crippen LogP contribution in [0, 0.1) is 12.8 Å². The maximum absolute atomic E-state index is 12.8. The highest BCUT2D eigenvalue weighted by molar-refractivity contribution is 6.03. The summed E-state index contributed by atoms with van der Waals surface area (Å²) in [4.78, 5) is 27.1. The fraction of sp³-hybridized carbons (Fsp3) is 0.458. The zero-order valence-corrected chi connectivity index (χ0v) is 20.3. The molecular formula is C24H27F3N8O. The van der Waals surface area contributed by atoms with Gasteiger partial charge in [-0.25, -0.2) is 4.98 Å². The highest BCUT2D eigenvalue weighted by Crippen LogP contribution is 2.51. The monoisotopic (exact) mass is 500 g/mol. The number of fused-ring (bicyclic) bond motifs is 1. The number of pyridine rings is 1. The van der Waals surface area contributed by atoms with Gasteiger partial charge in [-0.1, -0.05) is 19.9 Å². The van der Waals surface area contributed by atoms with E-state index in [4.69, 9.17) is 0 Å². The van der Waals surface area contributed by atoms with Crippen LogP contribution in [0.5, 0.6) is 0 Å². The van der Waals surface area contributed by atoms with E-state index in [2.05, 4.69) is 30.7 Å². The molecule has 0 bridgehead atoms. The van der Waals surface area contributed by atoms with E-state index < -0.39 is 11.9 Å². The topological polar surface area (TPSA) is 101 Å². The van der Waals surface area contributed by atoms with Gasteiger partial charge in [0.1, 0.15) is 17.4 Å². The van der Waals surface area contributed by atoms with Crippen molar-refractivity contribution in [2.75, 3.05) is 22.6 Å². The number of aromatic nitrogens is 5. The fourth-order valence-corrected chi connectivity index (χ4v) is 4.75. The van der Waals surface area contributed by atoms with Gasteiger partial charge in [0.25, 0.3) is 0 Å². The van der Waals surface area contributed by atoms with Gasteiger partial charge in [-0.05, 0) is 30.9 Å². The Kier molecular flexibility index (Phi) is 5.84. The van der Waals surface area contributed by atoms with Crippen LogP contribution in [0.25, 0.3) is 0 Å². The average molecular weight is 501 g/mol. The minimum absolute atomic E-state index is 0.0646. The summed E-state index contributed by atoms with van der Waals surface area (Å²) in [6.45, 7) is 6.27. The van der Waals surface area contributed by atoms with Crippen LogP contribution in [0.2, 0.25) is 0 Å². The van der Waals surface area contributed by atoms with E-state index in [1.807, 2.05) is 43.6 Å². The van der Waals surface area contributed by atoms with Crippen LogP contribution in [0.15, 0.2) is 30.7 Å². The van der Waals surface area contributed by atoms with Crippen LogP contribution >= 0.6 is 0 Å². The van der Waals surface area contributed by atoms with Crippen LogP contribution in [0.4, 0.5) is 30.6 Å². The number of carbonyl (C=O) groups is 1. The van der Waals surface area contributed by atoms with Gasteiger partial charge in [0.2, 0.25) is 11.9 Å². The molecule has 9 nitrogen and oxygen atoms in total. The molecule has 3 aromatic rings. The van der Waals surface area contributed by atoms with E-state index in [0.29, 0.717) is 29.7 Å². The third-order valence-corrected chi connectivity index (χ3v) is 6.68. The highest BCUT2D eigenvalue weighted by Gasteiger charge is 2.41. The summed E-state index contributed by atoms with van der Waals surface area (Å²) in [5.41, 5.74) is 2.11. The standard InChI is InChI=1S/C24H27F3N8O/c1-12(2)20-22(36)32-19-13(3)31-23(33-21(19)34(20)4)29-8-14-9-30-35(11-14)17-7-16(17)15-5-6-18(28-10-15)24(25,26)27/h5-6,9-12,16-17,20H,7-8H2,1-4H3,(H,32,36)(H,29,31,33)/t16-,17+,20?/m1/s1. The Hall–Kier alpha value is -3.70. The van der Waals surface area contributed by atoms with Crippen LogP contribution in [-0.2, 0) is 17.5 Å². The molecule has 3 atom stereocenters. The first-order valence-corrected chi connectivity index (χ1v) is 11.7. The van der Waals surface area contributed by atoms with Gasteiger partial charge in [0.15, 0.2) is 5.82 Å². The summed E-state index contributed by atoms with van der Waals surface area (Å²) in [7, 11) is 1.86. The highest BCUT2D eigenvalue weighted by atomic mass is 19.4. The zero-order chi connectivity index (χ0) is 25.8. The molecule has 5 rings (SSSR count). The van der Waals surface area contributed by atoms with Crippen LogP contribution in [0.3, 0.4) is 0 Å². The number of alkyl halides is 3. The quantitative estimate of drug-likeness (QED) is 0.524. The van der Waals surface area contributed by atoms with Gasteiger partial charge in [-0.2, -0.15) is 23.3 Å². The van der Waals surface area contributed by atoms with Crippen molar-refractivity contribution < 1.29 is 18.0 Å². The number of anilines is 3.